The smallest absolute Gasteiger partial charge is 0.292 e. The molecule has 26 heavy (non-hydrogen) atoms. The second-order valence-corrected chi connectivity index (χ2v) is 5.14. The number of ether oxygens (including phenoxy) is 1. The molecule has 0 aliphatic carbocycles. The fraction of sp³-hybridized carbons (Fsp3) is 0.111. The molecule has 0 heterocycles. The highest BCUT2D eigenvalue weighted by Gasteiger charge is 2.15. The van der Waals surface area contributed by atoms with Crippen LogP contribution in [-0.2, 0) is 4.79 Å². The molecule has 0 fully saturated rings. The second kappa shape index (κ2) is 8.30. The van der Waals surface area contributed by atoms with Crippen molar-refractivity contribution in [1.82, 2.24) is 0 Å². The fourth-order valence-corrected chi connectivity index (χ4v) is 2.22. The van der Waals surface area contributed by atoms with E-state index in [1.54, 1.807) is 37.4 Å². The number of carbonyl (C=O) groups excluding carboxylic acids is 1. The van der Waals surface area contributed by atoms with E-state index in [4.69, 9.17) is 4.74 Å². The highest BCUT2D eigenvalue weighted by Crippen LogP contribution is 2.26. The molecule has 0 spiro atoms. The molecule has 0 saturated heterocycles. The van der Waals surface area contributed by atoms with Gasteiger partial charge in [-0.3, -0.25) is 14.9 Å². The summed E-state index contributed by atoms with van der Waals surface area (Å²) < 4.78 is 5.08. The van der Waals surface area contributed by atoms with Crippen LogP contribution in [-0.4, -0.2) is 25.0 Å². The third-order valence-electron chi connectivity index (χ3n) is 3.49. The van der Waals surface area contributed by atoms with Crippen molar-refractivity contribution in [3.63, 3.8) is 0 Å². The molecule has 0 unspecified atom stereocenters. The molecule has 2 aromatic carbocycles. The van der Waals surface area contributed by atoms with E-state index >= 15 is 0 Å². The normalized spacial score (nSPS) is 10.6. The Balaban J connectivity index is 2.29. The first-order valence-electron chi connectivity index (χ1n) is 7.52. The SMILES string of the molecule is CNc1ccc(/C=C(\C#N)C(=O)Nc2cccc(OC)c2)cc1[N+](=O)[O-]. The molecule has 0 atom stereocenters. The summed E-state index contributed by atoms with van der Waals surface area (Å²) in [6.07, 6.45) is 1.29. The van der Waals surface area contributed by atoms with Gasteiger partial charge in [-0.2, -0.15) is 5.26 Å². The summed E-state index contributed by atoms with van der Waals surface area (Å²) in [5.74, 6) is -0.0651. The topological polar surface area (TPSA) is 117 Å². The molecule has 2 aromatic rings. The summed E-state index contributed by atoms with van der Waals surface area (Å²) in [6, 6.07) is 12.9. The van der Waals surface area contributed by atoms with E-state index in [2.05, 4.69) is 10.6 Å². The Kier molecular flexibility index (Phi) is 5.90. The van der Waals surface area contributed by atoms with Crippen LogP contribution in [0.25, 0.3) is 6.08 Å². The van der Waals surface area contributed by atoms with Crippen LogP contribution in [0.15, 0.2) is 48.0 Å². The Bertz CT molecular complexity index is 916. The highest BCUT2D eigenvalue weighted by atomic mass is 16.6. The van der Waals surface area contributed by atoms with Crippen LogP contribution >= 0.6 is 0 Å². The Labute approximate surface area is 149 Å². The van der Waals surface area contributed by atoms with E-state index < -0.39 is 10.8 Å². The Hall–Kier alpha value is -3.86. The molecule has 132 valence electrons. The van der Waals surface area contributed by atoms with E-state index in [0.29, 0.717) is 22.7 Å². The minimum atomic E-state index is -0.624. The Morgan fingerprint density at radius 3 is 2.69 bits per heavy atom. The van der Waals surface area contributed by atoms with Gasteiger partial charge in [-0.1, -0.05) is 12.1 Å². The van der Waals surface area contributed by atoms with Crippen molar-refractivity contribution in [2.45, 2.75) is 0 Å². The Morgan fingerprint density at radius 1 is 1.31 bits per heavy atom. The molecule has 0 aliphatic rings. The minimum Gasteiger partial charge on any atom is -0.497 e. The summed E-state index contributed by atoms with van der Waals surface area (Å²) in [5, 5.41) is 25.7. The van der Waals surface area contributed by atoms with Crippen molar-refractivity contribution >= 4 is 29.0 Å². The van der Waals surface area contributed by atoms with E-state index in [1.807, 2.05) is 6.07 Å². The van der Waals surface area contributed by atoms with Gasteiger partial charge in [-0.15, -0.1) is 0 Å². The standard InChI is InChI=1S/C18H16N4O4/c1-20-16-7-6-12(9-17(16)22(24)25)8-13(11-19)18(23)21-14-4-3-5-15(10-14)26-2/h3-10,20H,1-2H3,(H,21,23)/b13-8+. The number of anilines is 2. The van der Waals surface area contributed by atoms with Crippen LogP contribution in [0.5, 0.6) is 5.75 Å². The first kappa shape index (κ1) is 18.5. The molecule has 1 amide bonds. The number of carbonyl (C=O) groups is 1. The molecule has 0 aromatic heterocycles. The fourth-order valence-electron chi connectivity index (χ4n) is 2.22. The number of nitro benzene ring substituents is 1. The summed E-state index contributed by atoms with van der Waals surface area (Å²) in [4.78, 5) is 22.9. The maximum atomic E-state index is 12.3. The number of hydrogen-bond donors (Lipinski definition) is 2. The van der Waals surface area contributed by atoms with Crippen LogP contribution in [0.3, 0.4) is 0 Å². The number of benzene rings is 2. The molecular formula is C18H16N4O4. The predicted octanol–water partition coefficient (Wildman–Crippen LogP) is 3.19. The maximum absolute atomic E-state index is 12.3. The molecule has 8 nitrogen and oxygen atoms in total. The van der Waals surface area contributed by atoms with Crippen LogP contribution in [0, 0.1) is 21.4 Å². The first-order chi connectivity index (χ1) is 12.5. The lowest BCUT2D eigenvalue weighted by Gasteiger charge is -2.07. The molecule has 0 saturated carbocycles. The molecule has 8 heteroatoms. The second-order valence-electron chi connectivity index (χ2n) is 5.14. The van der Waals surface area contributed by atoms with Crippen LogP contribution in [0.2, 0.25) is 0 Å². The Morgan fingerprint density at radius 2 is 2.08 bits per heavy atom. The van der Waals surface area contributed by atoms with Gasteiger partial charge in [0.2, 0.25) is 0 Å². The van der Waals surface area contributed by atoms with E-state index in [-0.39, 0.29) is 11.3 Å². The number of nitrogens with zero attached hydrogens (tertiary/aromatic N) is 2. The number of hydrogen-bond acceptors (Lipinski definition) is 6. The quantitative estimate of drug-likeness (QED) is 0.357. The van der Waals surface area contributed by atoms with Crippen molar-refractivity contribution < 1.29 is 14.5 Å². The maximum Gasteiger partial charge on any atom is 0.292 e. The molecule has 2 N–H and O–H groups in total. The minimum absolute atomic E-state index is 0.147. The van der Waals surface area contributed by atoms with Crippen molar-refractivity contribution in [3.8, 4) is 11.8 Å². The third-order valence-corrected chi connectivity index (χ3v) is 3.49. The van der Waals surface area contributed by atoms with Gasteiger partial charge in [-0.05, 0) is 29.8 Å². The lowest BCUT2D eigenvalue weighted by atomic mass is 10.1. The van der Waals surface area contributed by atoms with Gasteiger partial charge in [0.15, 0.2) is 0 Å². The van der Waals surface area contributed by atoms with E-state index in [9.17, 15) is 20.2 Å². The average Bonchev–Trinajstić information content (AvgIpc) is 2.65. The number of rotatable bonds is 6. The number of nitro groups is 1. The van der Waals surface area contributed by atoms with Gasteiger partial charge >= 0.3 is 0 Å². The van der Waals surface area contributed by atoms with Crippen molar-refractivity contribution in [2.24, 2.45) is 0 Å². The van der Waals surface area contributed by atoms with Crippen molar-refractivity contribution in [2.75, 3.05) is 24.8 Å². The zero-order valence-electron chi connectivity index (χ0n) is 14.1. The number of methoxy groups -OCH3 is 1. The van der Waals surface area contributed by atoms with E-state index in [0.717, 1.165) is 0 Å². The van der Waals surface area contributed by atoms with Gasteiger partial charge in [0.25, 0.3) is 11.6 Å². The van der Waals surface area contributed by atoms with Gasteiger partial charge in [0.05, 0.1) is 12.0 Å². The summed E-state index contributed by atoms with van der Waals surface area (Å²) >= 11 is 0. The van der Waals surface area contributed by atoms with Gasteiger partial charge in [-0.25, -0.2) is 0 Å². The molecular weight excluding hydrogens is 336 g/mol. The lowest BCUT2D eigenvalue weighted by molar-refractivity contribution is -0.384. The highest BCUT2D eigenvalue weighted by molar-refractivity contribution is 6.09. The zero-order valence-corrected chi connectivity index (χ0v) is 14.1. The van der Waals surface area contributed by atoms with Gasteiger partial charge < -0.3 is 15.4 Å². The molecule has 2 rings (SSSR count). The van der Waals surface area contributed by atoms with E-state index in [1.165, 1.54) is 25.3 Å². The van der Waals surface area contributed by atoms with Crippen LogP contribution in [0.4, 0.5) is 17.1 Å². The van der Waals surface area contributed by atoms with Gasteiger partial charge in [0, 0.05) is 24.9 Å². The predicted molar refractivity (Wildman–Crippen MR) is 97.9 cm³/mol. The zero-order chi connectivity index (χ0) is 19.1. The third kappa shape index (κ3) is 4.36. The first-order valence-corrected chi connectivity index (χ1v) is 7.52. The largest absolute Gasteiger partial charge is 0.497 e. The lowest BCUT2D eigenvalue weighted by Crippen LogP contribution is -2.13. The number of nitriles is 1. The summed E-state index contributed by atoms with van der Waals surface area (Å²) in [7, 11) is 3.07. The molecule has 0 radical (unpaired) electrons. The summed E-state index contributed by atoms with van der Waals surface area (Å²) in [6.45, 7) is 0. The van der Waals surface area contributed by atoms with Gasteiger partial charge in [0.1, 0.15) is 23.1 Å². The number of nitrogens with one attached hydrogen (secondary N) is 2. The number of amides is 1. The van der Waals surface area contributed by atoms with Crippen LogP contribution < -0.4 is 15.4 Å². The van der Waals surface area contributed by atoms with Crippen molar-refractivity contribution in [3.05, 3.63) is 63.7 Å². The van der Waals surface area contributed by atoms with Crippen molar-refractivity contribution in [1.29, 1.82) is 5.26 Å². The summed E-state index contributed by atoms with van der Waals surface area (Å²) in [5.41, 5.74) is 0.845. The van der Waals surface area contributed by atoms with Crippen LogP contribution in [0.1, 0.15) is 5.56 Å². The average molecular weight is 352 g/mol. The monoisotopic (exact) mass is 352 g/mol. The molecule has 0 bridgehead atoms. The molecule has 0 aliphatic heterocycles.